The number of azo groups is 1. The van der Waals surface area contributed by atoms with Crippen LogP contribution in [0.15, 0.2) is 52.5 Å². The zero-order valence-corrected chi connectivity index (χ0v) is 13.9. The van der Waals surface area contributed by atoms with Crippen molar-refractivity contribution < 1.29 is 4.86 Å². The van der Waals surface area contributed by atoms with Gasteiger partial charge < -0.3 is 5.21 Å². The molecule has 0 atom stereocenters. The number of benzene rings is 2. The lowest BCUT2D eigenvalue weighted by Crippen LogP contribution is -1.90. The van der Waals surface area contributed by atoms with Gasteiger partial charge in [-0.1, -0.05) is 48.0 Å². The van der Waals surface area contributed by atoms with E-state index in [1.165, 1.54) is 0 Å². The molecular formula is C15H14Cl2N2OS. The number of nitrogens with zero attached hydrogens (tertiary/aromatic N) is 2. The average molecular weight is 341 g/mol. The van der Waals surface area contributed by atoms with Crippen LogP contribution in [0.2, 0.25) is 10.0 Å². The van der Waals surface area contributed by atoms with Gasteiger partial charge in [0.1, 0.15) is 5.69 Å². The number of thioether (sulfide) groups is 1. The zero-order chi connectivity index (χ0) is 15.4. The molecule has 2 rings (SSSR count). The fraction of sp³-hybridized carbons (Fsp3) is 0.200. The summed E-state index contributed by atoms with van der Waals surface area (Å²) < 4.78 is 0. The molecule has 0 amide bonds. The van der Waals surface area contributed by atoms with E-state index >= 15 is 0 Å². The fourth-order valence-corrected chi connectivity index (χ4v) is 2.98. The maximum absolute atomic E-state index is 12.0. The van der Waals surface area contributed by atoms with Gasteiger partial charge in [-0.25, -0.2) is 0 Å². The number of halogens is 2. The minimum atomic E-state index is 0.374. The van der Waals surface area contributed by atoms with E-state index in [9.17, 15) is 5.21 Å². The molecule has 0 aromatic heterocycles. The highest BCUT2D eigenvalue weighted by Crippen LogP contribution is 2.33. The third-order valence-corrected chi connectivity index (χ3v) is 4.25. The molecule has 0 saturated carbocycles. The van der Waals surface area contributed by atoms with Gasteiger partial charge in [0.15, 0.2) is 0 Å². The van der Waals surface area contributed by atoms with Gasteiger partial charge in [-0.15, -0.1) is 11.8 Å². The van der Waals surface area contributed by atoms with E-state index in [2.05, 4.69) is 19.0 Å². The minimum absolute atomic E-state index is 0.374. The normalized spacial score (nSPS) is 12.0. The third kappa shape index (κ3) is 4.63. The topological polar surface area (TPSA) is 38.4 Å². The van der Waals surface area contributed by atoms with Crippen molar-refractivity contribution in [3.63, 3.8) is 0 Å². The van der Waals surface area contributed by atoms with Gasteiger partial charge in [0.2, 0.25) is 5.69 Å². The molecule has 0 fully saturated rings. The van der Waals surface area contributed by atoms with Crippen LogP contribution in [0.5, 0.6) is 0 Å². The van der Waals surface area contributed by atoms with Crippen LogP contribution >= 0.6 is 35.0 Å². The van der Waals surface area contributed by atoms with Crippen LogP contribution in [-0.2, 0) is 0 Å². The second-order valence-electron chi connectivity index (χ2n) is 4.63. The van der Waals surface area contributed by atoms with E-state index in [4.69, 9.17) is 23.2 Å². The van der Waals surface area contributed by atoms with Crippen molar-refractivity contribution in [2.75, 3.05) is 0 Å². The van der Waals surface area contributed by atoms with E-state index < -0.39 is 0 Å². The molecule has 0 saturated heterocycles. The Kier molecular flexibility index (Phi) is 5.51. The molecule has 0 spiro atoms. The first-order valence-corrected chi connectivity index (χ1v) is 8.00. The highest BCUT2D eigenvalue weighted by atomic mass is 35.5. The van der Waals surface area contributed by atoms with E-state index in [0.29, 0.717) is 31.5 Å². The largest absolute Gasteiger partial charge is 0.594 e. The Labute approximate surface area is 138 Å². The summed E-state index contributed by atoms with van der Waals surface area (Å²) in [4.78, 5) is 1.51. The highest BCUT2D eigenvalue weighted by Gasteiger charge is 2.08. The Bertz CT molecular complexity index is 674. The number of rotatable bonds is 4. The van der Waals surface area contributed by atoms with Crippen LogP contribution < -0.4 is 0 Å². The number of hydrogen-bond donors (Lipinski definition) is 0. The van der Waals surface area contributed by atoms with Gasteiger partial charge in [-0.2, -0.15) is 0 Å². The Balaban J connectivity index is 2.26. The molecule has 0 aliphatic heterocycles. The zero-order valence-electron chi connectivity index (χ0n) is 11.6. The second kappa shape index (κ2) is 7.16. The fourth-order valence-electron chi connectivity index (χ4n) is 1.66. The van der Waals surface area contributed by atoms with Crippen molar-refractivity contribution in [3.05, 3.63) is 57.7 Å². The smallest absolute Gasteiger partial charge is 0.246 e. The summed E-state index contributed by atoms with van der Waals surface area (Å²) in [5, 5.41) is 17.5. The first kappa shape index (κ1) is 16.1. The Morgan fingerprint density at radius 1 is 1.14 bits per heavy atom. The molecule has 0 N–H and O–H groups in total. The maximum atomic E-state index is 12.0. The molecule has 0 aliphatic rings. The van der Waals surface area contributed by atoms with E-state index in [1.54, 1.807) is 48.2 Å². The Hall–Kier alpha value is -1.23. The van der Waals surface area contributed by atoms with Gasteiger partial charge in [0.05, 0.1) is 5.02 Å². The van der Waals surface area contributed by atoms with Crippen molar-refractivity contribution >= 4 is 46.3 Å². The molecule has 0 radical (unpaired) electrons. The molecule has 0 heterocycles. The summed E-state index contributed by atoms with van der Waals surface area (Å²) in [6, 6.07) is 11.9. The molecule has 3 nitrogen and oxygen atoms in total. The van der Waals surface area contributed by atoms with E-state index in [0.717, 1.165) is 4.90 Å². The maximum Gasteiger partial charge on any atom is 0.246 e. The molecule has 2 aromatic rings. The van der Waals surface area contributed by atoms with Crippen molar-refractivity contribution in [2.24, 2.45) is 5.11 Å². The van der Waals surface area contributed by atoms with Gasteiger partial charge >= 0.3 is 0 Å². The average Bonchev–Trinajstić information content (AvgIpc) is 2.41. The van der Waals surface area contributed by atoms with Crippen LogP contribution in [0, 0.1) is 5.21 Å². The highest BCUT2D eigenvalue weighted by molar-refractivity contribution is 8.00. The molecule has 21 heavy (non-hydrogen) atoms. The first-order chi connectivity index (χ1) is 9.95. The van der Waals surface area contributed by atoms with Gasteiger partial charge in [0.25, 0.3) is 0 Å². The summed E-state index contributed by atoms with van der Waals surface area (Å²) in [6.07, 6.45) is 0. The lowest BCUT2D eigenvalue weighted by Gasteiger charge is -2.07. The summed E-state index contributed by atoms with van der Waals surface area (Å²) in [5.41, 5.74) is 0.877. The van der Waals surface area contributed by atoms with Crippen LogP contribution in [0.25, 0.3) is 0 Å². The molecule has 6 heteroatoms. The standard InChI is InChI=1S/C15H14Cl2N2OS/c1-10(2)21-15-7-6-12(9-14(15)17)18-19(20)13-5-3-4-11(16)8-13/h3-10H,1-2H3. The van der Waals surface area contributed by atoms with Crippen LogP contribution in [0.1, 0.15) is 13.8 Å². The third-order valence-electron chi connectivity index (χ3n) is 2.51. The first-order valence-electron chi connectivity index (χ1n) is 6.36. The van der Waals surface area contributed by atoms with Crippen molar-refractivity contribution in [1.82, 2.24) is 0 Å². The predicted octanol–water partition coefficient (Wildman–Crippen LogP) is 6.42. The number of hydrogen-bond acceptors (Lipinski definition) is 3. The molecule has 110 valence electrons. The summed E-state index contributed by atoms with van der Waals surface area (Å²) in [6.45, 7) is 4.19. The van der Waals surface area contributed by atoms with Crippen molar-refractivity contribution in [1.29, 1.82) is 0 Å². The van der Waals surface area contributed by atoms with Crippen LogP contribution in [0.3, 0.4) is 0 Å². The molecule has 0 bridgehead atoms. The van der Waals surface area contributed by atoms with Crippen LogP contribution in [0.4, 0.5) is 11.4 Å². The van der Waals surface area contributed by atoms with Crippen molar-refractivity contribution in [2.45, 2.75) is 24.0 Å². The molecular weight excluding hydrogens is 327 g/mol. The molecule has 2 aromatic carbocycles. The lowest BCUT2D eigenvalue weighted by atomic mass is 10.3. The van der Waals surface area contributed by atoms with Gasteiger partial charge in [-0.3, -0.25) is 0 Å². The summed E-state index contributed by atoms with van der Waals surface area (Å²) in [7, 11) is 0. The molecule has 0 aliphatic carbocycles. The van der Waals surface area contributed by atoms with Crippen LogP contribution in [-0.4, -0.2) is 10.1 Å². The van der Waals surface area contributed by atoms with Crippen molar-refractivity contribution in [3.8, 4) is 0 Å². The van der Waals surface area contributed by atoms with Gasteiger partial charge in [0, 0.05) is 32.4 Å². The predicted molar refractivity (Wildman–Crippen MR) is 89.3 cm³/mol. The quantitative estimate of drug-likeness (QED) is 0.278. The lowest BCUT2D eigenvalue weighted by molar-refractivity contribution is -0.435. The Morgan fingerprint density at radius 2 is 1.90 bits per heavy atom. The second-order valence-corrected chi connectivity index (χ2v) is 7.10. The SMILES string of the molecule is CC(C)Sc1ccc(N=[N+]([O-])c2cccc(Cl)c2)cc1Cl. The van der Waals surface area contributed by atoms with E-state index in [1.807, 2.05) is 6.07 Å². The Morgan fingerprint density at radius 3 is 2.52 bits per heavy atom. The minimum Gasteiger partial charge on any atom is -0.594 e. The van der Waals surface area contributed by atoms with E-state index in [-0.39, 0.29) is 0 Å². The monoisotopic (exact) mass is 340 g/mol. The summed E-state index contributed by atoms with van der Waals surface area (Å²) in [5.74, 6) is 0. The van der Waals surface area contributed by atoms with Gasteiger partial charge in [-0.05, 0) is 24.3 Å². The summed E-state index contributed by atoms with van der Waals surface area (Å²) >= 11 is 13.7. The molecule has 0 unspecified atom stereocenters.